The molecule has 0 amide bonds. The van der Waals surface area contributed by atoms with E-state index in [1.54, 1.807) is 0 Å². The first kappa shape index (κ1) is 12.8. The average Bonchev–Trinajstić information content (AvgIpc) is 2.17. The van der Waals surface area contributed by atoms with E-state index in [4.69, 9.17) is 11.5 Å². The van der Waals surface area contributed by atoms with Crippen molar-refractivity contribution in [1.82, 2.24) is 10.6 Å². The number of nitrogens with two attached hydrogens (primary N) is 2. The van der Waals surface area contributed by atoms with E-state index in [9.17, 15) is 0 Å². The summed E-state index contributed by atoms with van der Waals surface area (Å²) >= 11 is 0. The molecule has 13 heavy (non-hydrogen) atoms. The van der Waals surface area contributed by atoms with Gasteiger partial charge in [-0.25, -0.2) is 0 Å². The summed E-state index contributed by atoms with van der Waals surface area (Å²) in [5, 5.41) is 6.69. The van der Waals surface area contributed by atoms with Gasteiger partial charge in [0.25, 0.3) is 0 Å². The van der Waals surface area contributed by atoms with Crippen molar-refractivity contribution in [1.29, 1.82) is 0 Å². The van der Waals surface area contributed by atoms with Crippen LogP contribution in [0.3, 0.4) is 0 Å². The summed E-state index contributed by atoms with van der Waals surface area (Å²) in [5.74, 6) is 0. The van der Waals surface area contributed by atoms with Crippen molar-refractivity contribution in [3.05, 3.63) is 0 Å². The molecule has 0 unspecified atom stereocenters. The zero-order valence-electron chi connectivity index (χ0n) is 8.68. The van der Waals surface area contributed by atoms with E-state index < -0.39 is 0 Å². The van der Waals surface area contributed by atoms with Crippen LogP contribution in [-0.2, 0) is 0 Å². The first-order valence-corrected chi connectivity index (χ1v) is 5.22. The van der Waals surface area contributed by atoms with Crippen molar-refractivity contribution in [2.24, 2.45) is 11.5 Å². The van der Waals surface area contributed by atoms with Crippen LogP contribution in [-0.4, -0.2) is 32.3 Å². The monoisotopic (exact) mass is 188 g/mol. The zero-order chi connectivity index (χ0) is 9.94. The molecule has 0 aromatic rings. The Morgan fingerprint density at radius 3 is 2.00 bits per heavy atom. The molecule has 0 saturated heterocycles. The lowest BCUT2D eigenvalue weighted by atomic mass is 10.2. The van der Waals surface area contributed by atoms with E-state index in [0.29, 0.717) is 19.3 Å². The van der Waals surface area contributed by atoms with Crippen molar-refractivity contribution >= 4 is 0 Å². The van der Waals surface area contributed by atoms with Crippen LogP contribution in [0, 0.1) is 0 Å². The lowest BCUT2D eigenvalue weighted by molar-refractivity contribution is 0.399. The van der Waals surface area contributed by atoms with Gasteiger partial charge in [0.05, 0.1) is 6.17 Å². The molecule has 0 aliphatic rings. The molecular formula is C9H24N4. The van der Waals surface area contributed by atoms with E-state index in [0.717, 1.165) is 19.5 Å². The summed E-state index contributed by atoms with van der Waals surface area (Å²) in [6.07, 6.45) is 3.99. The third-order valence-corrected chi connectivity index (χ3v) is 1.92. The maximum absolute atomic E-state index is 5.42. The molecular weight excluding hydrogens is 164 g/mol. The van der Waals surface area contributed by atoms with Crippen molar-refractivity contribution in [3.63, 3.8) is 0 Å². The van der Waals surface area contributed by atoms with E-state index in [-0.39, 0.29) is 0 Å². The largest absolute Gasteiger partial charge is 0.329 e. The Morgan fingerprint density at radius 1 is 1.08 bits per heavy atom. The van der Waals surface area contributed by atoms with Crippen LogP contribution in [0.5, 0.6) is 0 Å². The first-order valence-electron chi connectivity index (χ1n) is 5.22. The lowest BCUT2D eigenvalue weighted by Crippen LogP contribution is -2.45. The molecule has 0 radical (unpaired) electrons. The number of hydrogen-bond donors (Lipinski definition) is 4. The minimum atomic E-state index is 0.382. The van der Waals surface area contributed by atoms with E-state index >= 15 is 0 Å². The Labute approximate surface area is 81.4 Å². The molecule has 0 fully saturated rings. The predicted octanol–water partition coefficient (Wildman–Crippen LogP) is -0.401. The number of unbranched alkanes of at least 4 members (excludes halogenated alkanes) is 1. The van der Waals surface area contributed by atoms with Gasteiger partial charge in [0.15, 0.2) is 0 Å². The topological polar surface area (TPSA) is 76.1 Å². The highest BCUT2D eigenvalue weighted by Crippen LogP contribution is 1.97. The highest BCUT2D eigenvalue weighted by Gasteiger charge is 2.04. The van der Waals surface area contributed by atoms with Gasteiger partial charge >= 0.3 is 0 Å². The van der Waals surface area contributed by atoms with Gasteiger partial charge in [-0.3, -0.25) is 0 Å². The van der Waals surface area contributed by atoms with Gasteiger partial charge in [-0.2, -0.15) is 0 Å². The fraction of sp³-hybridized carbons (Fsp3) is 1.00. The van der Waals surface area contributed by atoms with Crippen LogP contribution in [0.15, 0.2) is 0 Å². The highest BCUT2D eigenvalue weighted by atomic mass is 15.1. The van der Waals surface area contributed by atoms with Gasteiger partial charge in [0.1, 0.15) is 0 Å². The van der Waals surface area contributed by atoms with Gasteiger partial charge in [-0.1, -0.05) is 19.8 Å². The average molecular weight is 188 g/mol. The van der Waals surface area contributed by atoms with Gasteiger partial charge in [-0.15, -0.1) is 0 Å². The lowest BCUT2D eigenvalue weighted by Gasteiger charge is -2.19. The SMILES string of the molecule is CCCCC(NCCN)NCCN. The minimum Gasteiger partial charge on any atom is -0.329 e. The summed E-state index contributed by atoms with van der Waals surface area (Å²) in [6.45, 7) is 5.31. The molecule has 0 atom stereocenters. The number of rotatable bonds is 9. The van der Waals surface area contributed by atoms with Gasteiger partial charge in [0.2, 0.25) is 0 Å². The summed E-state index contributed by atoms with van der Waals surface area (Å²) < 4.78 is 0. The van der Waals surface area contributed by atoms with Crippen LogP contribution in [0.4, 0.5) is 0 Å². The quantitative estimate of drug-likeness (QED) is 0.371. The molecule has 0 aliphatic carbocycles. The summed E-state index contributed by atoms with van der Waals surface area (Å²) in [6, 6.07) is 0. The zero-order valence-corrected chi connectivity index (χ0v) is 8.68. The third-order valence-electron chi connectivity index (χ3n) is 1.92. The second-order valence-electron chi connectivity index (χ2n) is 3.18. The number of hydrogen-bond acceptors (Lipinski definition) is 4. The smallest absolute Gasteiger partial charge is 0.0572 e. The van der Waals surface area contributed by atoms with Crippen LogP contribution < -0.4 is 22.1 Å². The van der Waals surface area contributed by atoms with Crippen LogP contribution >= 0.6 is 0 Å². The summed E-state index contributed by atoms with van der Waals surface area (Å²) in [5.41, 5.74) is 10.8. The molecule has 0 spiro atoms. The Hall–Kier alpha value is -0.160. The second kappa shape index (κ2) is 9.92. The maximum atomic E-state index is 5.42. The Balaban J connectivity index is 3.47. The predicted molar refractivity (Wildman–Crippen MR) is 57.4 cm³/mol. The fourth-order valence-corrected chi connectivity index (χ4v) is 1.20. The van der Waals surface area contributed by atoms with E-state index in [1.807, 2.05) is 0 Å². The standard InChI is InChI=1S/C9H24N4/c1-2-3-4-9(12-7-5-10)13-8-6-11/h9,12-13H,2-8,10-11H2,1H3. The Bertz CT molecular complexity index is 78.6. The van der Waals surface area contributed by atoms with Crippen molar-refractivity contribution in [2.75, 3.05) is 26.2 Å². The molecule has 0 heterocycles. The molecule has 0 saturated carbocycles. The normalized spacial score (nSPS) is 11.1. The highest BCUT2D eigenvalue weighted by molar-refractivity contribution is 4.64. The van der Waals surface area contributed by atoms with Crippen LogP contribution in [0.25, 0.3) is 0 Å². The van der Waals surface area contributed by atoms with Crippen LogP contribution in [0.2, 0.25) is 0 Å². The Morgan fingerprint density at radius 2 is 1.62 bits per heavy atom. The molecule has 4 nitrogen and oxygen atoms in total. The molecule has 0 aromatic carbocycles. The van der Waals surface area contributed by atoms with Crippen molar-refractivity contribution < 1.29 is 0 Å². The molecule has 0 rings (SSSR count). The fourth-order valence-electron chi connectivity index (χ4n) is 1.20. The first-order chi connectivity index (χ1) is 6.35. The third kappa shape index (κ3) is 8.18. The molecule has 4 heteroatoms. The summed E-state index contributed by atoms with van der Waals surface area (Å²) in [7, 11) is 0. The van der Waals surface area contributed by atoms with Gasteiger partial charge < -0.3 is 22.1 Å². The summed E-state index contributed by atoms with van der Waals surface area (Å²) in [4.78, 5) is 0. The van der Waals surface area contributed by atoms with Crippen LogP contribution in [0.1, 0.15) is 26.2 Å². The van der Waals surface area contributed by atoms with E-state index in [2.05, 4.69) is 17.6 Å². The molecule has 0 aromatic heterocycles. The molecule has 0 aliphatic heterocycles. The molecule has 6 N–H and O–H groups in total. The van der Waals surface area contributed by atoms with Gasteiger partial charge in [-0.05, 0) is 6.42 Å². The number of nitrogens with one attached hydrogen (secondary N) is 2. The van der Waals surface area contributed by atoms with Gasteiger partial charge in [0, 0.05) is 26.2 Å². The Kier molecular flexibility index (Phi) is 9.80. The van der Waals surface area contributed by atoms with E-state index in [1.165, 1.54) is 12.8 Å². The molecule has 80 valence electrons. The second-order valence-corrected chi connectivity index (χ2v) is 3.18. The van der Waals surface area contributed by atoms with Crippen molar-refractivity contribution in [2.45, 2.75) is 32.4 Å². The maximum Gasteiger partial charge on any atom is 0.0572 e. The van der Waals surface area contributed by atoms with Crippen molar-refractivity contribution in [3.8, 4) is 0 Å². The minimum absolute atomic E-state index is 0.382. The molecule has 0 bridgehead atoms.